The minimum Gasteiger partial charge on any atom is -0.468 e. The largest absolute Gasteiger partial charge is 0.468 e. The number of carbonyl (C=O) groups is 3. The van der Waals surface area contributed by atoms with Crippen molar-refractivity contribution in [2.24, 2.45) is 0 Å². The average Bonchev–Trinajstić information content (AvgIpc) is 2.50. The predicted molar refractivity (Wildman–Crippen MR) is 80.8 cm³/mol. The first-order chi connectivity index (χ1) is 10.1. The smallest absolute Gasteiger partial charge is 0.321 e. The number of hydrogen-bond acceptors (Lipinski definition) is 5. The summed E-state index contributed by atoms with van der Waals surface area (Å²) in [4.78, 5) is 33.8. The van der Waals surface area contributed by atoms with E-state index >= 15 is 0 Å². The fraction of sp³-hybridized carbons (Fsp3) is 0.357. The van der Waals surface area contributed by atoms with Gasteiger partial charge < -0.3 is 10.1 Å². The van der Waals surface area contributed by atoms with Gasteiger partial charge in [-0.3, -0.25) is 14.9 Å². The van der Waals surface area contributed by atoms with Gasteiger partial charge in [-0.25, -0.2) is 4.79 Å². The normalized spacial score (nSPS) is 9.76. The van der Waals surface area contributed by atoms with Gasteiger partial charge in [0.15, 0.2) is 0 Å². The number of hydrogen-bond donors (Lipinski definition) is 2. The van der Waals surface area contributed by atoms with Gasteiger partial charge in [0.2, 0.25) is 5.91 Å². The van der Waals surface area contributed by atoms with Crippen molar-refractivity contribution in [3.63, 3.8) is 0 Å². The quantitative estimate of drug-likeness (QED) is 0.586. The Labute approximate surface area is 127 Å². The maximum Gasteiger partial charge on any atom is 0.321 e. The zero-order valence-electron chi connectivity index (χ0n) is 11.8. The van der Waals surface area contributed by atoms with Crippen LogP contribution in [0.25, 0.3) is 0 Å². The molecule has 6 nitrogen and oxygen atoms in total. The monoisotopic (exact) mass is 310 g/mol. The molecular weight excluding hydrogens is 292 g/mol. The van der Waals surface area contributed by atoms with Crippen molar-refractivity contribution in [1.82, 2.24) is 10.6 Å². The van der Waals surface area contributed by atoms with Crippen LogP contribution in [0, 0.1) is 0 Å². The van der Waals surface area contributed by atoms with E-state index in [-0.39, 0.29) is 24.1 Å². The Morgan fingerprint density at radius 1 is 1.19 bits per heavy atom. The third kappa shape index (κ3) is 7.98. The highest BCUT2D eigenvalue weighted by molar-refractivity contribution is 7.99. The van der Waals surface area contributed by atoms with E-state index in [4.69, 9.17) is 0 Å². The Kier molecular flexibility index (Phi) is 7.96. The molecule has 0 aliphatic heterocycles. The molecule has 0 saturated heterocycles. The summed E-state index contributed by atoms with van der Waals surface area (Å²) in [6, 6.07) is 8.87. The molecule has 2 N–H and O–H groups in total. The standard InChI is InChI=1S/C14H18N2O4S/c1-20-13(18)10-21-8-7-12(17)16-14(19)15-9-11-5-3-2-4-6-11/h2-6H,7-10H2,1H3,(H2,15,16,17,19). The number of rotatable bonds is 7. The number of ether oxygens (including phenoxy) is 1. The summed E-state index contributed by atoms with van der Waals surface area (Å²) in [5.74, 6) is -0.0596. The van der Waals surface area contributed by atoms with E-state index in [1.165, 1.54) is 18.9 Å². The Bertz CT molecular complexity index is 479. The van der Waals surface area contributed by atoms with Gasteiger partial charge in [-0.15, -0.1) is 11.8 Å². The van der Waals surface area contributed by atoms with Gasteiger partial charge in [-0.05, 0) is 5.56 Å². The van der Waals surface area contributed by atoms with Gasteiger partial charge in [-0.2, -0.15) is 0 Å². The summed E-state index contributed by atoms with van der Waals surface area (Å²) in [5.41, 5.74) is 0.953. The number of methoxy groups -OCH3 is 1. The topological polar surface area (TPSA) is 84.5 Å². The molecule has 0 atom stereocenters. The van der Waals surface area contributed by atoms with Gasteiger partial charge in [-0.1, -0.05) is 30.3 Å². The van der Waals surface area contributed by atoms with E-state index in [2.05, 4.69) is 15.4 Å². The number of carbonyl (C=O) groups excluding carboxylic acids is 3. The van der Waals surface area contributed by atoms with Crippen LogP contribution in [0.4, 0.5) is 4.79 Å². The predicted octanol–water partition coefficient (Wildman–Crippen LogP) is 1.31. The van der Waals surface area contributed by atoms with Crippen LogP contribution in [0.5, 0.6) is 0 Å². The van der Waals surface area contributed by atoms with Crippen molar-refractivity contribution in [1.29, 1.82) is 0 Å². The molecule has 3 amide bonds. The van der Waals surface area contributed by atoms with Crippen LogP contribution in [0.2, 0.25) is 0 Å². The fourth-order valence-corrected chi connectivity index (χ4v) is 2.15. The highest BCUT2D eigenvalue weighted by atomic mass is 32.2. The first-order valence-electron chi connectivity index (χ1n) is 6.38. The lowest BCUT2D eigenvalue weighted by Gasteiger charge is -2.06. The molecule has 1 aromatic carbocycles. The summed E-state index contributed by atoms with van der Waals surface area (Å²) in [7, 11) is 1.31. The molecule has 1 rings (SSSR count). The van der Waals surface area contributed by atoms with Crippen LogP contribution in [-0.4, -0.2) is 36.5 Å². The highest BCUT2D eigenvalue weighted by Crippen LogP contribution is 2.02. The number of benzene rings is 1. The van der Waals surface area contributed by atoms with Gasteiger partial charge in [0.25, 0.3) is 0 Å². The van der Waals surface area contributed by atoms with Gasteiger partial charge in [0, 0.05) is 18.7 Å². The molecule has 0 spiro atoms. The van der Waals surface area contributed by atoms with Crippen molar-refractivity contribution in [2.45, 2.75) is 13.0 Å². The minimum atomic E-state index is -0.526. The SMILES string of the molecule is COC(=O)CSCCC(=O)NC(=O)NCc1ccccc1. The molecule has 21 heavy (non-hydrogen) atoms. The summed E-state index contributed by atoms with van der Waals surface area (Å²) >= 11 is 1.28. The summed E-state index contributed by atoms with van der Waals surface area (Å²) in [6.45, 7) is 0.358. The first kappa shape index (κ1) is 17.0. The molecule has 114 valence electrons. The zero-order valence-corrected chi connectivity index (χ0v) is 12.6. The van der Waals surface area contributed by atoms with Crippen molar-refractivity contribution >= 4 is 29.7 Å². The van der Waals surface area contributed by atoms with E-state index < -0.39 is 6.03 Å². The van der Waals surface area contributed by atoms with Crippen molar-refractivity contribution in [2.75, 3.05) is 18.6 Å². The van der Waals surface area contributed by atoms with Crippen molar-refractivity contribution < 1.29 is 19.1 Å². The van der Waals surface area contributed by atoms with E-state index in [0.29, 0.717) is 12.3 Å². The van der Waals surface area contributed by atoms with Crippen LogP contribution < -0.4 is 10.6 Å². The molecule has 0 aliphatic rings. The van der Waals surface area contributed by atoms with Crippen molar-refractivity contribution in [3.05, 3.63) is 35.9 Å². The van der Waals surface area contributed by atoms with Crippen LogP contribution in [0.3, 0.4) is 0 Å². The molecule has 0 unspecified atom stereocenters. The van der Waals surface area contributed by atoms with E-state index in [1.807, 2.05) is 30.3 Å². The lowest BCUT2D eigenvalue weighted by Crippen LogP contribution is -2.39. The average molecular weight is 310 g/mol. The summed E-state index contributed by atoms with van der Waals surface area (Å²) in [6.07, 6.45) is 0.167. The molecule has 0 fully saturated rings. The fourth-order valence-electron chi connectivity index (χ4n) is 1.39. The van der Waals surface area contributed by atoms with E-state index in [0.717, 1.165) is 5.56 Å². The number of urea groups is 1. The number of thioether (sulfide) groups is 1. The molecule has 0 saturated carbocycles. The molecule has 0 aromatic heterocycles. The second-order valence-corrected chi connectivity index (χ2v) is 5.20. The zero-order chi connectivity index (χ0) is 15.5. The Balaban J connectivity index is 2.13. The molecule has 7 heteroatoms. The van der Waals surface area contributed by atoms with Gasteiger partial charge in [0.1, 0.15) is 0 Å². The number of imide groups is 1. The molecule has 0 bridgehead atoms. The Morgan fingerprint density at radius 3 is 2.57 bits per heavy atom. The van der Waals surface area contributed by atoms with E-state index in [9.17, 15) is 14.4 Å². The Hall–Kier alpha value is -2.02. The van der Waals surface area contributed by atoms with Crippen molar-refractivity contribution in [3.8, 4) is 0 Å². The molecule has 0 aliphatic carbocycles. The molecule has 0 heterocycles. The lowest BCUT2D eigenvalue weighted by molar-refractivity contribution is -0.137. The number of amides is 3. The van der Waals surface area contributed by atoms with E-state index in [1.54, 1.807) is 0 Å². The van der Waals surface area contributed by atoms with Crippen LogP contribution in [0.15, 0.2) is 30.3 Å². The lowest BCUT2D eigenvalue weighted by atomic mass is 10.2. The molecular formula is C14H18N2O4S. The first-order valence-corrected chi connectivity index (χ1v) is 7.53. The number of nitrogens with one attached hydrogen (secondary N) is 2. The second kappa shape index (κ2) is 9.82. The third-order valence-corrected chi connectivity index (χ3v) is 3.40. The second-order valence-electron chi connectivity index (χ2n) is 4.10. The van der Waals surface area contributed by atoms with Crippen LogP contribution >= 0.6 is 11.8 Å². The molecule has 0 radical (unpaired) electrons. The summed E-state index contributed by atoms with van der Waals surface area (Å²) < 4.78 is 4.47. The highest BCUT2D eigenvalue weighted by Gasteiger charge is 2.08. The molecule has 1 aromatic rings. The minimum absolute atomic E-state index is 0.167. The van der Waals surface area contributed by atoms with Crippen LogP contribution in [0.1, 0.15) is 12.0 Å². The van der Waals surface area contributed by atoms with Gasteiger partial charge in [0.05, 0.1) is 12.9 Å². The number of esters is 1. The maximum atomic E-state index is 11.5. The third-order valence-electron chi connectivity index (χ3n) is 2.47. The Morgan fingerprint density at radius 2 is 1.90 bits per heavy atom. The van der Waals surface area contributed by atoms with Crippen LogP contribution in [-0.2, 0) is 20.9 Å². The summed E-state index contributed by atoms with van der Waals surface area (Å²) in [5, 5.41) is 4.83. The maximum absolute atomic E-state index is 11.5. The van der Waals surface area contributed by atoms with Gasteiger partial charge >= 0.3 is 12.0 Å².